The van der Waals surface area contributed by atoms with E-state index in [1.165, 1.54) is 19.3 Å². The molecule has 6 nitrogen and oxygen atoms in total. The summed E-state index contributed by atoms with van der Waals surface area (Å²) in [5, 5.41) is 13.7. The largest absolute Gasteiger partial charge is 0.496 e. The van der Waals surface area contributed by atoms with Crippen LogP contribution < -0.4 is 4.74 Å². The molecule has 6 heteroatoms. The first kappa shape index (κ1) is 18.4. The smallest absolute Gasteiger partial charge is 0.303 e. The van der Waals surface area contributed by atoms with Crippen molar-refractivity contribution >= 4 is 5.97 Å². The minimum atomic E-state index is -0.761. The van der Waals surface area contributed by atoms with Crippen molar-refractivity contribution in [1.29, 1.82) is 0 Å². The van der Waals surface area contributed by atoms with Gasteiger partial charge in [-0.3, -0.25) is 4.79 Å². The number of para-hydroxylation sites is 1. The van der Waals surface area contributed by atoms with Gasteiger partial charge >= 0.3 is 5.97 Å². The van der Waals surface area contributed by atoms with E-state index < -0.39 is 5.97 Å². The minimum Gasteiger partial charge on any atom is -0.496 e. The van der Waals surface area contributed by atoms with E-state index in [0.717, 1.165) is 35.8 Å². The van der Waals surface area contributed by atoms with Gasteiger partial charge in [0.05, 0.1) is 13.2 Å². The molecule has 0 saturated heterocycles. The molecule has 1 heterocycles. The summed E-state index contributed by atoms with van der Waals surface area (Å²) >= 11 is 0. The summed E-state index contributed by atoms with van der Waals surface area (Å²) in [7, 11) is 1.67. The predicted octanol–water partition coefficient (Wildman–Crippen LogP) is 3.79. The van der Waals surface area contributed by atoms with Gasteiger partial charge in [-0.25, -0.2) is 9.67 Å². The molecule has 3 rings (SSSR count). The Bertz CT molecular complexity index is 736. The van der Waals surface area contributed by atoms with Crippen LogP contribution in [-0.4, -0.2) is 33.0 Å². The number of aliphatic carboxylic acids is 1. The number of benzene rings is 1. The Hall–Kier alpha value is -2.37. The van der Waals surface area contributed by atoms with Crippen LogP contribution in [0.25, 0.3) is 0 Å². The molecule has 1 N–H and O–H groups in total. The highest BCUT2D eigenvalue weighted by atomic mass is 16.5. The monoisotopic (exact) mass is 357 g/mol. The van der Waals surface area contributed by atoms with Crippen LogP contribution in [0.3, 0.4) is 0 Å². The fourth-order valence-corrected chi connectivity index (χ4v) is 3.69. The molecule has 0 unspecified atom stereocenters. The fraction of sp³-hybridized carbons (Fsp3) is 0.550. The van der Waals surface area contributed by atoms with E-state index in [9.17, 15) is 4.79 Å². The zero-order chi connectivity index (χ0) is 18.4. The number of aromatic nitrogens is 3. The van der Waals surface area contributed by atoms with Gasteiger partial charge in [-0.2, -0.15) is 5.10 Å². The molecule has 26 heavy (non-hydrogen) atoms. The van der Waals surface area contributed by atoms with Crippen LogP contribution in [0.15, 0.2) is 24.3 Å². The molecule has 0 bridgehead atoms. The van der Waals surface area contributed by atoms with E-state index in [0.29, 0.717) is 25.3 Å². The average molecular weight is 357 g/mol. The van der Waals surface area contributed by atoms with Crippen LogP contribution in [0, 0.1) is 0 Å². The van der Waals surface area contributed by atoms with Crippen LogP contribution in [0.2, 0.25) is 0 Å². The van der Waals surface area contributed by atoms with Crippen molar-refractivity contribution in [3.63, 3.8) is 0 Å². The van der Waals surface area contributed by atoms with Crippen molar-refractivity contribution in [2.24, 2.45) is 0 Å². The second-order valence-corrected chi connectivity index (χ2v) is 6.92. The van der Waals surface area contributed by atoms with Gasteiger partial charge in [0, 0.05) is 24.8 Å². The van der Waals surface area contributed by atoms with Crippen LogP contribution in [-0.2, 0) is 17.6 Å². The van der Waals surface area contributed by atoms with Crippen molar-refractivity contribution in [2.45, 2.75) is 63.8 Å². The van der Waals surface area contributed by atoms with Crippen molar-refractivity contribution in [3.05, 3.63) is 41.5 Å². The Morgan fingerprint density at radius 3 is 2.77 bits per heavy atom. The molecular formula is C20H27N3O3. The zero-order valence-corrected chi connectivity index (χ0v) is 15.4. The summed E-state index contributed by atoms with van der Waals surface area (Å²) < 4.78 is 7.51. The Morgan fingerprint density at radius 2 is 2.04 bits per heavy atom. The van der Waals surface area contributed by atoms with Crippen molar-refractivity contribution in [3.8, 4) is 5.75 Å². The summed E-state index contributed by atoms with van der Waals surface area (Å²) in [6.07, 6.45) is 8.02. The number of hydrogen-bond acceptors (Lipinski definition) is 4. The lowest BCUT2D eigenvalue weighted by molar-refractivity contribution is -0.137. The Morgan fingerprint density at radius 1 is 1.27 bits per heavy atom. The van der Waals surface area contributed by atoms with E-state index in [-0.39, 0.29) is 6.42 Å². The van der Waals surface area contributed by atoms with Gasteiger partial charge in [0.2, 0.25) is 0 Å². The van der Waals surface area contributed by atoms with Gasteiger partial charge < -0.3 is 9.84 Å². The molecule has 0 radical (unpaired) electrons. The van der Waals surface area contributed by atoms with Crippen molar-refractivity contribution in [2.75, 3.05) is 7.11 Å². The average Bonchev–Trinajstić information content (AvgIpc) is 3.05. The minimum absolute atomic E-state index is 0.166. The molecule has 1 fully saturated rings. The highest BCUT2D eigenvalue weighted by molar-refractivity contribution is 5.66. The maximum Gasteiger partial charge on any atom is 0.303 e. The van der Waals surface area contributed by atoms with Gasteiger partial charge in [-0.1, -0.05) is 37.5 Å². The van der Waals surface area contributed by atoms with E-state index >= 15 is 0 Å². The molecule has 0 atom stereocenters. The predicted molar refractivity (Wildman–Crippen MR) is 98.5 cm³/mol. The number of rotatable bonds is 8. The summed E-state index contributed by atoms with van der Waals surface area (Å²) in [5.41, 5.74) is 1.06. The van der Waals surface area contributed by atoms with Crippen LogP contribution in [0.1, 0.15) is 68.2 Å². The van der Waals surface area contributed by atoms with Crippen LogP contribution in [0.5, 0.6) is 5.75 Å². The Balaban J connectivity index is 1.81. The summed E-state index contributed by atoms with van der Waals surface area (Å²) in [5.74, 6) is 1.78. The number of hydrogen-bond donors (Lipinski definition) is 1. The third-order valence-corrected chi connectivity index (χ3v) is 5.00. The number of aryl methyl sites for hydroxylation is 1. The van der Waals surface area contributed by atoms with Gasteiger partial charge in [0.1, 0.15) is 11.6 Å². The number of ether oxygens (including phenoxy) is 1. The first-order valence-electron chi connectivity index (χ1n) is 9.45. The van der Waals surface area contributed by atoms with E-state index in [1.807, 2.05) is 24.3 Å². The number of carboxylic acid groups (broad SMARTS) is 1. The molecule has 1 aliphatic carbocycles. The second-order valence-electron chi connectivity index (χ2n) is 6.92. The highest BCUT2D eigenvalue weighted by Crippen LogP contribution is 2.29. The number of methoxy groups -OCH3 is 1. The quantitative estimate of drug-likeness (QED) is 0.778. The molecule has 0 amide bonds. The van der Waals surface area contributed by atoms with Crippen molar-refractivity contribution < 1.29 is 14.6 Å². The third-order valence-electron chi connectivity index (χ3n) is 5.00. The molecule has 2 aromatic rings. The SMILES string of the molecule is COc1ccccc1Cc1nc(CCCC(=O)O)n(C2CCCCC2)n1. The van der Waals surface area contributed by atoms with Gasteiger partial charge in [0.15, 0.2) is 5.82 Å². The summed E-state index contributed by atoms with van der Waals surface area (Å²) in [6.45, 7) is 0. The highest BCUT2D eigenvalue weighted by Gasteiger charge is 2.21. The Labute approximate surface area is 154 Å². The lowest BCUT2D eigenvalue weighted by Gasteiger charge is -2.23. The molecule has 0 spiro atoms. The maximum absolute atomic E-state index is 10.8. The van der Waals surface area contributed by atoms with Gasteiger partial charge in [-0.05, 0) is 25.3 Å². The lowest BCUT2D eigenvalue weighted by Crippen LogP contribution is -2.17. The molecule has 1 aromatic carbocycles. The molecule has 1 saturated carbocycles. The zero-order valence-electron chi connectivity index (χ0n) is 15.4. The first-order valence-corrected chi connectivity index (χ1v) is 9.45. The van der Waals surface area contributed by atoms with Crippen LogP contribution in [0.4, 0.5) is 0 Å². The fourth-order valence-electron chi connectivity index (χ4n) is 3.69. The van der Waals surface area contributed by atoms with Gasteiger partial charge in [-0.15, -0.1) is 0 Å². The molecule has 1 aromatic heterocycles. The van der Waals surface area contributed by atoms with Crippen molar-refractivity contribution in [1.82, 2.24) is 14.8 Å². The number of carbonyl (C=O) groups is 1. The molecular weight excluding hydrogens is 330 g/mol. The standard InChI is InChI=1S/C20H27N3O3/c1-26-17-11-6-5-8-15(17)14-18-21-19(12-7-13-20(24)25)23(22-18)16-9-3-2-4-10-16/h5-6,8,11,16H,2-4,7,9-10,12-14H2,1H3,(H,24,25). The topological polar surface area (TPSA) is 77.2 Å². The Kier molecular flexibility index (Phi) is 6.26. The first-order chi connectivity index (χ1) is 12.7. The van der Waals surface area contributed by atoms with E-state index in [1.54, 1.807) is 7.11 Å². The molecule has 140 valence electrons. The maximum atomic E-state index is 10.8. The van der Waals surface area contributed by atoms with Gasteiger partial charge in [0.25, 0.3) is 0 Å². The number of nitrogens with zero attached hydrogens (tertiary/aromatic N) is 3. The van der Waals surface area contributed by atoms with E-state index in [2.05, 4.69) is 4.68 Å². The molecule has 1 aliphatic rings. The summed E-state index contributed by atoms with van der Waals surface area (Å²) in [6, 6.07) is 8.31. The molecule has 0 aliphatic heterocycles. The summed E-state index contributed by atoms with van der Waals surface area (Å²) in [4.78, 5) is 15.6. The normalized spacial score (nSPS) is 15.1. The van der Waals surface area contributed by atoms with Crippen LogP contribution >= 0.6 is 0 Å². The lowest BCUT2D eigenvalue weighted by atomic mass is 9.95. The second kappa shape index (κ2) is 8.83. The van der Waals surface area contributed by atoms with E-state index in [4.69, 9.17) is 19.9 Å². The third kappa shape index (κ3) is 4.62. The number of carboxylic acids is 1.